The molecule has 3 atom stereocenters. The summed E-state index contributed by atoms with van der Waals surface area (Å²) < 4.78 is 0. The molecule has 0 aromatic rings. The zero-order chi connectivity index (χ0) is 9.35. The van der Waals surface area contributed by atoms with Gasteiger partial charge in [-0.25, -0.2) is 0 Å². The van der Waals surface area contributed by atoms with E-state index in [0.29, 0.717) is 11.8 Å². The lowest BCUT2D eigenvalue weighted by molar-refractivity contribution is -0.153. The SMILES string of the molecule is CC1CCC(C)(C(=O)O)C(C)C1. The number of carboxylic acid groups (broad SMARTS) is 1. The molecule has 0 aliphatic heterocycles. The van der Waals surface area contributed by atoms with E-state index in [4.69, 9.17) is 5.11 Å². The molecule has 1 rings (SSSR count). The van der Waals surface area contributed by atoms with E-state index < -0.39 is 11.4 Å². The van der Waals surface area contributed by atoms with Gasteiger partial charge in [-0.2, -0.15) is 0 Å². The maximum absolute atomic E-state index is 11.0. The van der Waals surface area contributed by atoms with Crippen LogP contribution < -0.4 is 0 Å². The van der Waals surface area contributed by atoms with Gasteiger partial charge in [-0.3, -0.25) is 4.79 Å². The highest BCUT2D eigenvalue weighted by Crippen LogP contribution is 2.43. The second kappa shape index (κ2) is 3.08. The average Bonchev–Trinajstić information content (AvgIpc) is 1.97. The molecule has 2 nitrogen and oxygen atoms in total. The highest BCUT2D eigenvalue weighted by molar-refractivity contribution is 5.74. The van der Waals surface area contributed by atoms with Crippen molar-refractivity contribution < 1.29 is 9.90 Å². The second-order valence-electron chi connectivity index (χ2n) is 4.50. The fourth-order valence-electron chi connectivity index (χ4n) is 2.09. The smallest absolute Gasteiger partial charge is 0.309 e. The Balaban J connectivity index is 2.72. The minimum Gasteiger partial charge on any atom is -0.481 e. The van der Waals surface area contributed by atoms with Gasteiger partial charge in [-0.1, -0.05) is 13.8 Å². The Morgan fingerprint density at radius 3 is 2.50 bits per heavy atom. The molecule has 1 fully saturated rings. The highest BCUT2D eigenvalue weighted by atomic mass is 16.4. The molecular weight excluding hydrogens is 152 g/mol. The van der Waals surface area contributed by atoms with E-state index in [2.05, 4.69) is 13.8 Å². The summed E-state index contributed by atoms with van der Waals surface area (Å²) >= 11 is 0. The topological polar surface area (TPSA) is 37.3 Å². The van der Waals surface area contributed by atoms with Gasteiger partial charge in [0.25, 0.3) is 0 Å². The minimum atomic E-state index is -0.623. The van der Waals surface area contributed by atoms with Crippen LogP contribution in [0.4, 0.5) is 0 Å². The summed E-state index contributed by atoms with van der Waals surface area (Å²) in [7, 11) is 0. The van der Waals surface area contributed by atoms with Gasteiger partial charge in [0.05, 0.1) is 5.41 Å². The zero-order valence-corrected chi connectivity index (χ0v) is 8.13. The van der Waals surface area contributed by atoms with Gasteiger partial charge >= 0.3 is 5.97 Å². The molecule has 0 aromatic heterocycles. The first-order chi connectivity index (χ1) is 5.47. The van der Waals surface area contributed by atoms with Crippen LogP contribution in [0.1, 0.15) is 40.0 Å². The monoisotopic (exact) mass is 170 g/mol. The van der Waals surface area contributed by atoms with Crippen LogP contribution in [0, 0.1) is 17.3 Å². The van der Waals surface area contributed by atoms with Crippen LogP contribution in [0.15, 0.2) is 0 Å². The van der Waals surface area contributed by atoms with E-state index in [0.717, 1.165) is 19.3 Å². The first-order valence-electron chi connectivity index (χ1n) is 4.70. The Morgan fingerprint density at radius 1 is 1.50 bits per heavy atom. The zero-order valence-electron chi connectivity index (χ0n) is 8.13. The molecule has 70 valence electrons. The van der Waals surface area contributed by atoms with Gasteiger partial charge in [0, 0.05) is 0 Å². The summed E-state index contributed by atoms with van der Waals surface area (Å²) in [4.78, 5) is 11.0. The molecule has 1 N–H and O–H groups in total. The van der Waals surface area contributed by atoms with Crippen LogP contribution in [0.25, 0.3) is 0 Å². The van der Waals surface area contributed by atoms with Gasteiger partial charge in [0.15, 0.2) is 0 Å². The molecule has 1 aliphatic rings. The maximum Gasteiger partial charge on any atom is 0.309 e. The number of carboxylic acids is 1. The molecule has 0 bridgehead atoms. The van der Waals surface area contributed by atoms with Crippen LogP contribution in [-0.4, -0.2) is 11.1 Å². The largest absolute Gasteiger partial charge is 0.481 e. The lowest BCUT2D eigenvalue weighted by Crippen LogP contribution is -2.38. The van der Waals surface area contributed by atoms with Crippen LogP contribution in [0.5, 0.6) is 0 Å². The van der Waals surface area contributed by atoms with Crippen molar-refractivity contribution in [3.63, 3.8) is 0 Å². The van der Waals surface area contributed by atoms with Crippen molar-refractivity contribution in [1.29, 1.82) is 0 Å². The summed E-state index contributed by atoms with van der Waals surface area (Å²) in [6, 6.07) is 0. The third-order valence-corrected chi connectivity index (χ3v) is 3.49. The van der Waals surface area contributed by atoms with Crippen molar-refractivity contribution in [2.45, 2.75) is 40.0 Å². The third-order valence-electron chi connectivity index (χ3n) is 3.49. The third kappa shape index (κ3) is 1.47. The van der Waals surface area contributed by atoms with Crippen LogP contribution in [0.3, 0.4) is 0 Å². The van der Waals surface area contributed by atoms with Crippen LogP contribution in [-0.2, 0) is 4.79 Å². The van der Waals surface area contributed by atoms with Crippen molar-refractivity contribution in [3.05, 3.63) is 0 Å². The van der Waals surface area contributed by atoms with Crippen LogP contribution in [0.2, 0.25) is 0 Å². The van der Waals surface area contributed by atoms with E-state index in [9.17, 15) is 4.79 Å². The Morgan fingerprint density at radius 2 is 2.08 bits per heavy atom. The van der Waals surface area contributed by atoms with Crippen molar-refractivity contribution in [3.8, 4) is 0 Å². The molecule has 1 saturated carbocycles. The van der Waals surface area contributed by atoms with Crippen molar-refractivity contribution >= 4 is 5.97 Å². The summed E-state index contributed by atoms with van der Waals surface area (Å²) in [6.07, 6.45) is 2.96. The highest BCUT2D eigenvalue weighted by Gasteiger charge is 2.42. The molecule has 0 radical (unpaired) electrons. The van der Waals surface area contributed by atoms with Crippen molar-refractivity contribution in [2.24, 2.45) is 17.3 Å². The second-order valence-corrected chi connectivity index (χ2v) is 4.50. The molecule has 1 aliphatic carbocycles. The van der Waals surface area contributed by atoms with E-state index in [-0.39, 0.29) is 0 Å². The fourth-order valence-corrected chi connectivity index (χ4v) is 2.09. The first kappa shape index (κ1) is 9.56. The Labute approximate surface area is 74.0 Å². The quantitative estimate of drug-likeness (QED) is 0.656. The lowest BCUT2D eigenvalue weighted by atomic mass is 9.65. The van der Waals surface area contributed by atoms with E-state index in [1.54, 1.807) is 0 Å². The summed E-state index contributed by atoms with van der Waals surface area (Å²) in [5, 5.41) is 9.05. The summed E-state index contributed by atoms with van der Waals surface area (Å²) in [6.45, 7) is 6.15. The van der Waals surface area contributed by atoms with Gasteiger partial charge in [0.1, 0.15) is 0 Å². The molecule has 2 heteroatoms. The minimum absolute atomic E-state index is 0.318. The molecule has 0 spiro atoms. The number of hydrogen-bond acceptors (Lipinski definition) is 1. The molecule has 0 saturated heterocycles. The first-order valence-corrected chi connectivity index (χ1v) is 4.70. The molecular formula is C10H18O2. The maximum atomic E-state index is 11.0. The predicted molar refractivity (Wildman–Crippen MR) is 47.9 cm³/mol. The normalized spacial score (nSPS) is 42.6. The molecule has 3 unspecified atom stereocenters. The summed E-state index contributed by atoms with van der Waals surface area (Å²) in [5.41, 5.74) is -0.466. The number of rotatable bonds is 1. The number of carbonyl (C=O) groups is 1. The van der Waals surface area contributed by atoms with E-state index in [1.165, 1.54) is 0 Å². The molecule has 0 amide bonds. The Hall–Kier alpha value is -0.530. The van der Waals surface area contributed by atoms with E-state index in [1.807, 2.05) is 6.92 Å². The average molecular weight is 170 g/mol. The van der Waals surface area contributed by atoms with Gasteiger partial charge in [-0.05, 0) is 38.0 Å². The fraction of sp³-hybridized carbons (Fsp3) is 0.900. The Kier molecular flexibility index (Phi) is 2.45. The molecule has 12 heavy (non-hydrogen) atoms. The van der Waals surface area contributed by atoms with Gasteiger partial charge in [-0.15, -0.1) is 0 Å². The van der Waals surface area contributed by atoms with E-state index >= 15 is 0 Å². The Bertz CT molecular complexity index is 188. The number of hydrogen-bond donors (Lipinski definition) is 1. The van der Waals surface area contributed by atoms with Crippen molar-refractivity contribution in [1.82, 2.24) is 0 Å². The standard InChI is InChI=1S/C10H18O2/c1-7-4-5-10(3,9(11)12)8(2)6-7/h7-8H,4-6H2,1-3H3,(H,11,12). The van der Waals surface area contributed by atoms with Gasteiger partial charge < -0.3 is 5.11 Å². The molecule has 0 aromatic carbocycles. The summed E-state index contributed by atoms with van der Waals surface area (Å²) in [5.74, 6) is 0.396. The number of aliphatic carboxylic acids is 1. The lowest BCUT2D eigenvalue weighted by Gasteiger charge is -2.38. The van der Waals surface area contributed by atoms with Crippen molar-refractivity contribution in [2.75, 3.05) is 0 Å². The predicted octanol–water partition coefficient (Wildman–Crippen LogP) is 2.53. The van der Waals surface area contributed by atoms with Gasteiger partial charge in [0.2, 0.25) is 0 Å². The van der Waals surface area contributed by atoms with Crippen LogP contribution >= 0.6 is 0 Å². The molecule has 0 heterocycles.